The fraction of sp³-hybridized carbons (Fsp3) is 0.125. The molecule has 2 heterocycles. The molecule has 9 rings (SSSR count). The summed E-state index contributed by atoms with van der Waals surface area (Å²) in [5.74, 6) is 3.40. The molecule has 2 aliphatic heterocycles. The van der Waals surface area contributed by atoms with Gasteiger partial charge in [-0.25, -0.2) is 0 Å². The summed E-state index contributed by atoms with van der Waals surface area (Å²) in [6.45, 7) is 14.4. The molecule has 0 unspecified atom stereocenters. The number of nitrogens with zero attached hydrogens (tertiary/aromatic N) is 1. The highest BCUT2D eigenvalue weighted by Crippen LogP contribution is 2.43. The third-order valence-corrected chi connectivity index (χ3v) is 15.1. The van der Waals surface area contributed by atoms with Crippen LogP contribution >= 0.6 is 0 Å². The predicted octanol–water partition coefficient (Wildman–Crippen LogP) is 10.3. The fourth-order valence-corrected chi connectivity index (χ4v) is 10.2. The monoisotopic (exact) mass is 733 g/mol. The highest BCUT2D eigenvalue weighted by molar-refractivity contribution is 6.98. The van der Waals surface area contributed by atoms with Gasteiger partial charge >= 0.3 is 0 Å². The third-order valence-electron chi connectivity index (χ3n) is 10.9. The van der Waals surface area contributed by atoms with Crippen LogP contribution in [0.25, 0.3) is 22.3 Å². The van der Waals surface area contributed by atoms with Crippen LogP contribution in [0, 0.1) is 0 Å². The van der Waals surface area contributed by atoms with Gasteiger partial charge in [-0.15, -0.1) is 0 Å². The third kappa shape index (κ3) is 6.19. The Morgan fingerprint density at radius 1 is 0.389 bits per heavy atom. The summed E-state index contributed by atoms with van der Waals surface area (Å²) in [6.07, 6.45) is 0. The van der Waals surface area contributed by atoms with Gasteiger partial charge in [0.05, 0.1) is 21.8 Å². The number of anilines is 3. The lowest BCUT2D eigenvalue weighted by molar-refractivity contribution is 0.465. The predicted molar refractivity (Wildman–Crippen MR) is 236 cm³/mol. The Hall–Kier alpha value is -5.56. The second-order valence-corrected chi connectivity index (χ2v) is 26.8. The highest BCUT2D eigenvalue weighted by Gasteiger charge is 2.41. The van der Waals surface area contributed by atoms with Crippen molar-refractivity contribution in [2.75, 3.05) is 4.90 Å². The van der Waals surface area contributed by atoms with Crippen LogP contribution in [0.5, 0.6) is 23.0 Å². The van der Waals surface area contributed by atoms with Gasteiger partial charge in [0, 0.05) is 29.0 Å². The van der Waals surface area contributed by atoms with E-state index in [-0.39, 0.29) is 6.71 Å². The smallest absolute Gasteiger partial charge is 0.260 e. The minimum atomic E-state index is -1.49. The standard InChI is InChI=1S/C48H44BNO2Si2/c1-53(2,3)40-23-19-37(20-24-40)50(38-21-25-41(26-22-38)54(4,5)6)39-31-46-48-47(32-39)52-45-30-36(34-15-11-8-12-16-34)18-28-43(45)49(48)42-27-17-35(29-44(42)51-46)33-13-9-7-10-14-33/h7-32H,1-6H3. The van der Waals surface area contributed by atoms with Crippen molar-refractivity contribution < 1.29 is 9.47 Å². The van der Waals surface area contributed by atoms with Crippen LogP contribution in [0.4, 0.5) is 17.1 Å². The molecule has 264 valence electrons. The quantitative estimate of drug-likeness (QED) is 0.152. The number of fused-ring (bicyclic) bond motifs is 4. The van der Waals surface area contributed by atoms with Crippen molar-refractivity contribution in [2.45, 2.75) is 39.3 Å². The topological polar surface area (TPSA) is 21.7 Å². The van der Waals surface area contributed by atoms with E-state index in [1.807, 2.05) is 0 Å². The zero-order chi connectivity index (χ0) is 37.2. The number of ether oxygens (including phenoxy) is 2. The lowest BCUT2D eigenvalue weighted by Gasteiger charge is -2.35. The first-order chi connectivity index (χ1) is 26.0. The molecule has 3 nitrogen and oxygen atoms in total. The average molecular weight is 734 g/mol. The Bertz CT molecular complexity index is 2330. The molecule has 0 aromatic heterocycles. The zero-order valence-electron chi connectivity index (χ0n) is 31.9. The van der Waals surface area contributed by atoms with E-state index < -0.39 is 16.1 Å². The second-order valence-electron chi connectivity index (χ2n) is 16.7. The van der Waals surface area contributed by atoms with Crippen LogP contribution in [-0.4, -0.2) is 22.9 Å². The lowest BCUT2D eigenvalue weighted by Crippen LogP contribution is -2.57. The summed E-state index contributed by atoms with van der Waals surface area (Å²) in [4.78, 5) is 2.35. The van der Waals surface area contributed by atoms with Gasteiger partial charge in [0.15, 0.2) is 0 Å². The molecule has 0 aliphatic carbocycles. The molecule has 0 radical (unpaired) electrons. The molecule has 0 atom stereocenters. The van der Waals surface area contributed by atoms with Gasteiger partial charge in [-0.05, 0) is 69.6 Å². The summed E-state index contributed by atoms with van der Waals surface area (Å²) < 4.78 is 14.0. The first-order valence-corrected chi connectivity index (χ1v) is 25.9. The van der Waals surface area contributed by atoms with Crippen molar-refractivity contribution in [3.05, 3.63) is 158 Å². The number of rotatable bonds is 7. The molecular formula is C48H44BNO2Si2. The van der Waals surface area contributed by atoms with Crippen LogP contribution in [0.1, 0.15) is 0 Å². The van der Waals surface area contributed by atoms with Crippen molar-refractivity contribution in [1.82, 2.24) is 0 Å². The normalized spacial score (nSPS) is 12.9. The Morgan fingerprint density at radius 2 is 0.796 bits per heavy atom. The first-order valence-electron chi connectivity index (χ1n) is 18.9. The molecule has 0 saturated carbocycles. The van der Waals surface area contributed by atoms with E-state index in [0.717, 1.165) is 67.6 Å². The van der Waals surface area contributed by atoms with Crippen LogP contribution in [0.15, 0.2) is 158 Å². The summed E-state index contributed by atoms with van der Waals surface area (Å²) in [6, 6.07) is 57.2. The average Bonchev–Trinajstić information content (AvgIpc) is 3.18. The number of benzene rings is 7. The van der Waals surface area contributed by atoms with Gasteiger partial charge in [0.2, 0.25) is 0 Å². The lowest BCUT2D eigenvalue weighted by atomic mass is 9.34. The molecule has 0 spiro atoms. The summed E-state index contributed by atoms with van der Waals surface area (Å²) in [7, 11) is -2.98. The van der Waals surface area contributed by atoms with Crippen LogP contribution in [-0.2, 0) is 0 Å². The molecule has 7 aromatic carbocycles. The SMILES string of the molecule is C[Si](C)(C)c1ccc(N(c2ccc([Si](C)(C)C)cc2)c2cc3c4c(c2)Oc2cc(-c5ccccc5)ccc2B4c2ccc(-c4ccccc4)cc2O3)cc1. The molecule has 0 amide bonds. The molecule has 54 heavy (non-hydrogen) atoms. The van der Waals surface area contributed by atoms with E-state index >= 15 is 0 Å². The Morgan fingerprint density at radius 3 is 1.19 bits per heavy atom. The van der Waals surface area contributed by atoms with Gasteiger partial charge < -0.3 is 14.4 Å². The second kappa shape index (κ2) is 13.1. The molecule has 0 fully saturated rings. The highest BCUT2D eigenvalue weighted by atomic mass is 28.3. The van der Waals surface area contributed by atoms with E-state index in [1.54, 1.807) is 0 Å². The van der Waals surface area contributed by atoms with Gasteiger partial charge in [-0.3, -0.25) is 0 Å². The van der Waals surface area contributed by atoms with E-state index in [1.165, 1.54) is 21.5 Å². The summed E-state index contributed by atoms with van der Waals surface area (Å²) in [5.41, 5.74) is 11.2. The van der Waals surface area contributed by atoms with E-state index in [4.69, 9.17) is 9.47 Å². The van der Waals surface area contributed by atoms with Crippen molar-refractivity contribution in [1.29, 1.82) is 0 Å². The van der Waals surface area contributed by atoms with Gasteiger partial charge in [0.1, 0.15) is 23.0 Å². The Labute approximate surface area is 322 Å². The van der Waals surface area contributed by atoms with Crippen molar-refractivity contribution in [3.63, 3.8) is 0 Å². The largest absolute Gasteiger partial charge is 0.458 e. The minimum Gasteiger partial charge on any atom is -0.458 e. The fourth-order valence-electron chi connectivity index (χ4n) is 7.90. The van der Waals surface area contributed by atoms with Gasteiger partial charge in [-0.1, -0.05) is 159 Å². The maximum Gasteiger partial charge on any atom is 0.260 e. The van der Waals surface area contributed by atoms with E-state index in [2.05, 4.69) is 202 Å². The molecule has 2 aliphatic rings. The molecule has 7 aromatic rings. The Kier molecular flexibility index (Phi) is 8.29. The number of hydrogen-bond donors (Lipinski definition) is 0. The molecule has 0 saturated heterocycles. The van der Waals surface area contributed by atoms with Crippen molar-refractivity contribution in [3.8, 4) is 45.3 Å². The van der Waals surface area contributed by atoms with Crippen molar-refractivity contribution >= 4 is 66.7 Å². The molecule has 0 N–H and O–H groups in total. The maximum atomic E-state index is 6.99. The van der Waals surface area contributed by atoms with E-state index in [0.29, 0.717) is 0 Å². The first kappa shape index (κ1) is 34.2. The van der Waals surface area contributed by atoms with Crippen LogP contribution in [0.2, 0.25) is 39.3 Å². The van der Waals surface area contributed by atoms with Gasteiger partial charge in [0.25, 0.3) is 6.71 Å². The summed E-state index contributed by atoms with van der Waals surface area (Å²) in [5, 5.41) is 2.87. The van der Waals surface area contributed by atoms with Crippen molar-refractivity contribution in [2.24, 2.45) is 0 Å². The van der Waals surface area contributed by atoms with Gasteiger partial charge in [-0.2, -0.15) is 0 Å². The van der Waals surface area contributed by atoms with E-state index in [9.17, 15) is 0 Å². The van der Waals surface area contributed by atoms with Crippen LogP contribution in [0.3, 0.4) is 0 Å². The number of hydrogen-bond acceptors (Lipinski definition) is 3. The minimum absolute atomic E-state index is 0.0355. The molecular weight excluding hydrogens is 690 g/mol. The maximum absolute atomic E-state index is 6.99. The van der Waals surface area contributed by atoms with Crippen LogP contribution < -0.4 is 41.1 Å². The zero-order valence-corrected chi connectivity index (χ0v) is 33.9. The molecule has 0 bridgehead atoms. The summed E-state index contributed by atoms with van der Waals surface area (Å²) >= 11 is 0. The molecule has 6 heteroatoms. The Balaban J connectivity index is 1.24.